The van der Waals surface area contributed by atoms with E-state index in [0.29, 0.717) is 18.0 Å². The van der Waals surface area contributed by atoms with Crippen LogP contribution in [0.5, 0.6) is 5.75 Å². The SMILES string of the molecule is CC(=O)N(CC(=O)NCc1ccc(C)cc1)c1ccccc1OC(C)C. The molecule has 5 heteroatoms. The summed E-state index contributed by atoms with van der Waals surface area (Å²) in [5, 5.41) is 2.86. The van der Waals surface area contributed by atoms with Crippen molar-refractivity contribution in [1.29, 1.82) is 0 Å². The highest BCUT2D eigenvalue weighted by Gasteiger charge is 2.19. The zero-order valence-electron chi connectivity index (χ0n) is 15.8. The highest BCUT2D eigenvalue weighted by molar-refractivity contribution is 5.98. The van der Waals surface area contributed by atoms with Gasteiger partial charge in [-0.1, -0.05) is 42.0 Å². The summed E-state index contributed by atoms with van der Waals surface area (Å²) >= 11 is 0. The lowest BCUT2D eigenvalue weighted by atomic mass is 10.1. The van der Waals surface area contributed by atoms with Crippen LogP contribution in [-0.2, 0) is 16.1 Å². The zero-order valence-corrected chi connectivity index (χ0v) is 15.8. The van der Waals surface area contributed by atoms with Crippen LogP contribution in [0.3, 0.4) is 0 Å². The number of rotatable bonds is 7. The molecule has 0 aliphatic rings. The summed E-state index contributed by atoms with van der Waals surface area (Å²) < 4.78 is 5.77. The van der Waals surface area contributed by atoms with Crippen molar-refractivity contribution in [2.75, 3.05) is 11.4 Å². The first-order valence-corrected chi connectivity index (χ1v) is 8.73. The van der Waals surface area contributed by atoms with Gasteiger partial charge in [0.15, 0.2) is 0 Å². The van der Waals surface area contributed by atoms with Gasteiger partial charge in [-0.3, -0.25) is 14.5 Å². The van der Waals surface area contributed by atoms with Crippen LogP contribution < -0.4 is 15.0 Å². The molecule has 2 aromatic carbocycles. The standard InChI is InChI=1S/C21H26N2O3/c1-15(2)26-20-8-6-5-7-19(20)23(17(4)24)14-21(25)22-13-18-11-9-16(3)10-12-18/h5-12,15H,13-14H2,1-4H3,(H,22,25). The Morgan fingerprint density at radius 1 is 1.08 bits per heavy atom. The Hall–Kier alpha value is -2.82. The second kappa shape index (κ2) is 9.04. The number of para-hydroxylation sites is 2. The Morgan fingerprint density at radius 2 is 1.73 bits per heavy atom. The van der Waals surface area contributed by atoms with Crippen molar-refractivity contribution in [3.8, 4) is 5.75 Å². The van der Waals surface area contributed by atoms with Crippen molar-refractivity contribution in [2.45, 2.75) is 40.3 Å². The van der Waals surface area contributed by atoms with Gasteiger partial charge in [-0.2, -0.15) is 0 Å². The van der Waals surface area contributed by atoms with Crippen LogP contribution >= 0.6 is 0 Å². The van der Waals surface area contributed by atoms with Crippen LogP contribution in [0.25, 0.3) is 0 Å². The molecule has 0 fully saturated rings. The number of nitrogens with one attached hydrogen (secondary N) is 1. The monoisotopic (exact) mass is 354 g/mol. The number of anilines is 1. The molecule has 5 nitrogen and oxygen atoms in total. The lowest BCUT2D eigenvalue weighted by molar-refractivity contribution is -0.123. The molecule has 0 spiro atoms. The van der Waals surface area contributed by atoms with Crippen LogP contribution in [0, 0.1) is 6.92 Å². The van der Waals surface area contributed by atoms with E-state index in [1.54, 1.807) is 12.1 Å². The topological polar surface area (TPSA) is 58.6 Å². The molecule has 26 heavy (non-hydrogen) atoms. The van der Waals surface area contributed by atoms with Crippen molar-refractivity contribution in [1.82, 2.24) is 5.32 Å². The fraction of sp³-hybridized carbons (Fsp3) is 0.333. The minimum Gasteiger partial charge on any atom is -0.489 e. The van der Waals surface area contributed by atoms with Gasteiger partial charge in [0.2, 0.25) is 11.8 Å². The normalized spacial score (nSPS) is 10.5. The predicted molar refractivity (Wildman–Crippen MR) is 103 cm³/mol. The molecule has 0 bridgehead atoms. The average molecular weight is 354 g/mol. The Morgan fingerprint density at radius 3 is 2.35 bits per heavy atom. The van der Waals surface area contributed by atoms with Crippen molar-refractivity contribution < 1.29 is 14.3 Å². The Labute approximate surface area is 155 Å². The quantitative estimate of drug-likeness (QED) is 0.828. The highest BCUT2D eigenvalue weighted by Crippen LogP contribution is 2.29. The smallest absolute Gasteiger partial charge is 0.240 e. The second-order valence-electron chi connectivity index (χ2n) is 6.50. The molecule has 0 aromatic heterocycles. The minimum absolute atomic E-state index is 0.0275. The molecular formula is C21H26N2O3. The zero-order chi connectivity index (χ0) is 19.1. The molecule has 0 atom stereocenters. The molecule has 0 radical (unpaired) electrons. The van der Waals surface area contributed by atoms with Crippen LogP contribution in [0.1, 0.15) is 31.9 Å². The summed E-state index contributed by atoms with van der Waals surface area (Å²) in [5.41, 5.74) is 2.78. The van der Waals surface area contributed by atoms with Crippen molar-refractivity contribution in [2.24, 2.45) is 0 Å². The molecule has 0 saturated heterocycles. The van der Waals surface area contributed by atoms with Gasteiger partial charge in [-0.05, 0) is 38.5 Å². The molecule has 2 aromatic rings. The second-order valence-corrected chi connectivity index (χ2v) is 6.50. The molecule has 2 rings (SSSR count). The predicted octanol–water partition coefficient (Wildman–Crippen LogP) is 3.45. The van der Waals surface area contributed by atoms with E-state index in [1.807, 2.05) is 57.2 Å². The van der Waals surface area contributed by atoms with Gasteiger partial charge < -0.3 is 10.1 Å². The third-order valence-corrected chi connectivity index (χ3v) is 3.81. The number of nitrogens with zero attached hydrogens (tertiary/aromatic N) is 1. The molecule has 2 amide bonds. The number of hydrogen-bond donors (Lipinski definition) is 1. The van der Waals surface area contributed by atoms with Crippen LogP contribution in [0.4, 0.5) is 5.69 Å². The van der Waals surface area contributed by atoms with Crippen LogP contribution in [0.15, 0.2) is 48.5 Å². The third-order valence-electron chi connectivity index (χ3n) is 3.81. The lowest BCUT2D eigenvalue weighted by Gasteiger charge is -2.24. The highest BCUT2D eigenvalue weighted by atomic mass is 16.5. The van der Waals surface area contributed by atoms with Crippen LogP contribution in [-0.4, -0.2) is 24.5 Å². The van der Waals surface area contributed by atoms with Gasteiger partial charge in [0.05, 0.1) is 11.8 Å². The summed E-state index contributed by atoms with van der Waals surface area (Å²) in [6, 6.07) is 15.2. The maximum atomic E-state index is 12.4. The fourth-order valence-electron chi connectivity index (χ4n) is 2.51. The van der Waals surface area contributed by atoms with Crippen LogP contribution in [0.2, 0.25) is 0 Å². The Balaban J connectivity index is 2.07. The number of benzene rings is 2. The molecule has 0 aliphatic heterocycles. The van der Waals surface area contributed by atoms with E-state index in [0.717, 1.165) is 5.56 Å². The summed E-state index contributed by atoms with van der Waals surface area (Å²) in [7, 11) is 0. The maximum Gasteiger partial charge on any atom is 0.240 e. The molecule has 0 unspecified atom stereocenters. The molecular weight excluding hydrogens is 328 g/mol. The van der Waals surface area contributed by atoms with E-state index in [2.05, 4.69) is 5.32 Å². The average Bonchev–Trinajstić information content (AvgIpc) is 2.59. The van der Waals surface area contributed by atoms with Crippen molar-refractivity contribution in [3.05, 3.63) is 59.7 Å². The van der Waals surface area contributed by atoms with Crippen molar-refractivity contribution in [3.63, 3.8) is 0 Å². The Bertz CT molecular complexity index is 754. The van der Waals surface area contributed by atoms with Gasteiger partial charge >= 0.3 is 0 Å². The summed E-state index contributed by atoms with van der Waals surface area (Å²) in [6.07, 6.45) is -0.0275. The Kier molecular flexibility index (Phi) is 6.78. The number of ether oxygens (including phenoxy) is 1. The minimum atomic E-state index is -0.222. The molecule has 0 saturated carbocycles. The summed E-state index contributed by atoms with van der Waals surface area (Å²) in [6.45, 7) is 7.67. The van der Waals surface area contributed by atoms with Gasteiger partial charge in [0, 0.05) is 13.5 Å². The van der Waals surface area contributed by atoms with Gasteiger partial charge in [-0.25, -0.2) is 0 Å². The van der Waals surface area contributed by atoms with E-state index < -0.39 is 0 Å². The van der Waals surface area contributed by atoms with E-state index in [9.17, 15) is 9.59 Å². The third kappa shape index (κ3) is 5.62. The first-order chi connectivity index (χ1) is 12.4. The van der Waals surface area contributed by atoms with Crippen molar-refractivity contribution >= 4 is 17.5 Å². The van der Waals surface area contributed by atoms with E-state index in [-0.39, 0.29) is 24.5 Å². The maximum absolute atomic E-state index is 12.4. The number of amides is 2. The molecule has 1 N–H and O–H groups in total. The lowest BCUT2D eigenvalue weighted by Crippen LogP contribution is -2.39. The first kappa shape index (κ1) is 19.5. The number of carbonyl (C=O) groups excluding carboxylic acids is 2. The van der Waals surface area contributed by atoms with E-state index in [1.165, 1.54) is 17.4 Å². The van der Waals surface area contributed by atoms with E-state index >= 15 is 0 Å². The molecule has 0 aliphatic carbocycles. The first-order valence-electron chi connectivity index (χ1n) is 8.73. The number of aryl methyl sites for hydroxylation is 1. The molecule has 0 heterocycles. The van der Waals surface area contributed by atoms with Gasteiger partial charge in [-0.15, -0.1) is 0 Å². The fourth-order valence-corrected chi connectivity index (χ4v) is 2.51. The van der Waals surface area contributed by atoms with E-state index in [4.69, 9.17) is 4.74 Å². The summed E-state index contributed by atoms with van der Waals surface area (Å²) in [5.74, 6) is 0.152. The molecule has 138 valence electrons. The summed E-state index contributed by atoms with van der Waals surface area (Å²) in [4.78, 5) is 25.9. The van der Waals surface area contributed by atoms with Gasteiger partial charge in [0.1, 0.15) is 12.3 Å². The van der Waals surface area contributed by atoms with Gasteiger partial charge in [0.25, 0.3) is 0 Å². The number of carbonyl (C=O) groups is 2. The largest absolute Gasteiger partial charge is 0.489 e. The number of hydrogen-bond acceptors (Lipinski definition) is 3.